The number of carbonyl (C=O) groups excluding carboxylic acids is 12. The highest BCUT2D eigenvalue weighted by Gasteiger charge is 2.42. The van der Waals surface area contributed by atoms with E-state index >= 15 is 0 Å². The van der Waals surface area contributed by atoms with E-state index in [1.54, 1.807) is 55.4 Å². The number of benzene rings is 1. The zero-order valence-corrected chi connectivity index (χ0v) is 60.8. The normalized spacial score (nSPS) is 16.8. The first-order chi connectivity index (χ1) is 47.5. The number of aliphatic hydroxyl groups excluding tert-OH is 1. The van der Waals surface area contributed by atoms with Crippen LogP contribution in [0.15, 0.2) is 24.3 Å². The minimum absolute atomic E-state index is 0.0685. The number of likely N-dealkylation sites (tertiary alicyclic amines) is 1. The number of aliphatic hydroxyl groups is 1. The SMILES string of the molecule is CC(C)[C@H](NC(=O)[C@@H]1CCCN1C(=O)[C@@H](NC(=O)[C@H](Cc1ccc(O)cc1)NC(=O)[C@@H](NC(=O)[C@H](C)NC(=O)[C@H](C)NC(=O)[C@@H](NC(=O)[C@@H](NC(=O)[C@H](CCCCN)NC(=O)[C@H](CCCCN)NC(=O)[C@H](CCCCN)NC(=O)[C@@H](N)CCCCN)C(C)C)C(C)C)[C@@H](C)O)C(C)C)C(=O)O. The molecule has 0 unspecified atom stereocenters. The smallest absolute Gasteiger partial charge is 0.326 e. The number of nitrogens with two attached hydrogens (primary N) is 5. The number of nitrogens with one attached hydrogen (secondary N) is 11. The summed E-state index contributed by atoms with van der Waals surface area (Å²) in [5.74, 6) is -13.1. The van der Waals surface area contributed by atoms with Gasteiger partial charge in [-0.1, -0.05) is 73.9 Å². The number of carbonyl (C=O) groups is 13. The standard InChI is InChI=1S/C68H119N17O16/c1-36(2)51(81-65(97)52(37(3)4)80-61(93)48(24-15-19-33-72)78-60(92)47(23-14-18-32-71)77-59(91)46(22-13-17-31-70)76-58(90)45(73)21-12-16-30-69)64(96)75-40(9)56(88)74-41(10)57(89)84-55(42(11)86)66(98)79-49(35-43-26-28-44(87)29-27-43)62(94)82-53(38(5)6)67(99)85-34-20-25-50(85)63(95)83-54(39(7)8)68(100)101/h26-29,36-42,45-55,86-87H,12-25,30-35,69-73H2,1-11H3,(H,74,88)(H,75,96)(H,76,90)(H,77,91)(H,78,92)(H,79,98)(H,80,93)(H,81,97)(H,82,94)(H,83,95)(H,84,89)(H,100,101)/t40-,41-,42+,45-,46-,47-,48-,49-,50-,51-,52-,53-,54-,55-/m0/s1. The van der Waals surface area contributed by atoms with Gasteiger partial charge in [0.2, 0.25) is 70.9 Å². The molecule has 1 aliphatic rings. The van der Waals surface area contributed by atoms with E-state index in [1.165, 1.54) is 49.9 Å². The summed E-state index contributed by atoms with van der Waals surface area (Å²) in [5, 5.41) is 59.4. The van der Waals surface area contributed by atoms with Gasteiger partial charge in [-0.25, -0.2) is 4.79 Å². The average molecular weight is 1430 g/mol. The molecular weight excluding hydrogens is 1310 g/mol. The molecule has 1 saturated heterocycles. The van der Waals surface area contributed by atoms with Crippen LogP contribution in [0.5, 0.6) is 5.75 Å². The minimum Gasteiger partial charge on any atom is -0.508 e. The Morgan fingerprint density at radius 2 is 0.782 bits per heavy atom. The summed E-state index contributed by atoms with van der Waals surface area (Å²) in [6.07, 6.45) is 3.51. The molecule has 33 heteroatoms. The first kappa shape index (κ1) is 89.0. The lowest BCUT2D eigenvalue weighted by Crippen LogP contribution is -2.62. The van der Waals surface area contributed by atoms with Crippen molar-refractivity contribution in [2.45, 2.75) is 257 Å². The highest BCUT2D eigenvalue weighted by atomic mass is 16.4. The Bertz CT molecular complexity index is 2870. The highest BCUT2D eigenvalue weighted by Crippen LogP contribution is 2.22. The number of carboxylic acid groups (broad SMARTS) is 1. The lowest BCUT2D eigenvalue weighted by molar-refractivity contribution is -0.146. The van der Waals surface area contributed by atoms with Gasteiger partial charge in [-0.3, -0.25) is 57.5 Å². The van der Waals surface area contributed by atoms with Crippen LogP contribution in [0.1, 0.15) is 172 Å². The van der Waals surface area contributed by atoms with Crippen molar-refractivity contribution in [3.8, 4) is 5.75 Å². The maximum absolute atomic E-state index is 14.4. The van der Waals surface area contributed by atoms with Crippen LogP contribution in [0.4, 0.5) is 0 Å². The second-order valence-corrected chi connectivity index (χ2v) is 27.5. The van der Waals surface area contributed by atoms with Crippen LogP contribution in [-0.2, 0) is 68.7 Å². The van der Waals surface area contributed by atoms with Crippen molar-refractivity contribution in [3.05, 3.63) is 29.8 Å². The molecule has 2 rings (SSSR count). The van der Waals surface area contributed by atoms with Crippen molar-refractivity contribution >= 4 is 76.9 Å². The van der Waals surface area contributed by atoms with E-state index < -0.39 is 185 Å². The molecule has 0 saturated carbocycles. The number of phenolic OH excluding ortho intramolecular Hbond substituents is 1. The van der Waals surface area contributed by atoms with Crippen LogP contribution in [-0.4, -0.2) is 214 Å². The Balaban J connectivity index is 2.30. The zero-order chi connectivity index (χ0) is 76.4. The number of aromatic hydroxyl groups is 1. The van der Waals surface area contributed by atoms with Crippen molar-refractivity contribution in [3.63, 3.8) is 0 Å². The quantitative estimate of drug-likeness (QED) is 0.0294. The topological polar surface area (TPSA) is 548 Å². The van der Waals surface area contributed by atoms with Crippen molar-refractivity contribution in [2.75, 3.05) is 32.7 Å². The van der Waals surface area contributed by atoms with E-state index in [1.807, 2.05) is 0 Å². The van der Waals surface area contributed by atoms with E-state index in [0.717, 1.165) is 0 Å². The molecule has 1 aromatic carbocycles. The molecule has 0 bridgehead atoms. The number of hydrogen-bond acceptors (Lipinski definition) is 20. The number of phenols is 1. The summed E-state index contributed by atoms with van der Waals surface area (Å²) in [5.41, 5.74) is 29.5. The number of unbranched alkanes of at least 4 members (excludes halogenated alkanes) is 4. The van der Waals surface area contributed by atoms with Gasteiger partial charge in [-0.15, -0.1) is 0 Å². The molecule has 1 fully saturated rings. The van der Waals surface area contributed by atoms with Gasteiger partial charge in [0.05, 0.1) is 12.1 Å². The van der Waals surface area contributed by atoms with Gasteiger partial charge in [0.15, 0.2) is 0 Å². The fraction of sp³-hybridized carbons (Fsp3) is 0.721. The molecule has 33 nitrogen and oxygen atoms in total. The summed E-state index contributed by atoms with van der Waals surface area (Å²) in [6.45, 7) is 18.3. The zero-order valence-electron chi connectivity index (χ0n) is 60.8. The van der Waals surface area contributed by atoms with E-state index in [9.17, 15) is 77.6 Å². The Morgan fingerprint density at radius 3 is 1.22 bits per heavy atom. The van der Waals surface area contributed by atoms with Crippen LogP contribution in [0, 0.1) is 23.7 Å². The number of rotatable bonds is 47. The number of carboxylic acids is 1. The molecule has 572 valence electrons. The van der Waals surface area contributed by atoms with Crippen LogP contribution in [0.3, 0.4) is 0 Å². The van der Waals surface area contributed by atoms with E-state index in [4.69, 9.17) is 28.7 Å². The van der Waals surface area contributed by atoms with E-state index in [2.05, 4.69) is 58.5 Å². The van der Waals surface area contributed by atoms with Gasteiger partial charge >= 0.3 is 5.97 Å². The second-order valence-electron chi connectivity index (χ2n) is 27.5. The fourth-order valence-corrected chi connectivity index (χ4v) is 11.1. The molecule has 101 heavy (non-hydrogen) atoms. The van der Waals surface area contributed by atoms with Gasteiger partial charge in [0.25, 0.3) is 0 Å². The molecular formula is C68H119N17O16. The van der Waals surface area contributed by atoms with E-state index in [-0.39, 0.29) is 50.9 Å². The van der Waals surface area contributed by atoms with Gasteiger partial charge in [-0.05, 0) is 172 Å². The number of aliphatic carboxylic acids is 1. The molecule has 1 aliphatic heterocycles. The third-order valence-electron chi connectivity index (χ3n) is 17.4. The number of hydrogen-bond donors (Lipinski definition) is 19. The lowest BCUT2D eigenvalue weighted by atomic mass is 9.98. The van der Waals surface area contributed by atoms with E-state index in [0.29, 0.717) is 89.4 Å². The Hall–Kier alpha value is -8.11. The summed E-state index contributed by atoms with van der Waals surface area (Å²) in [7, 11) is 0. The molecule has 1 aromatic rings. The van der Waals surface area contributed by atoms with Gasteiger partial charge < -0.3 is 107 Å². The van der Waals surface area contributed by atoms with Gasteiger partial charge in [-0.2, -0.15) is 0 Å². The largest absolute Gasteiger partial charge is 0.508 e. The fourth-order valence-electron chi connectivity index (χ4n) is 11.1. The van der Waals surface area contributed by atoms with Crippen molar-refractivity contribution < 1.29 is 77.6 Å². The number of nitrogens with zero attached hydrogens (tertiary/aromatic N) is 1. The molecule has 0 aliphatic carbocycles. The molecule has 0 radical (unpaired) electrons. The van der Waals surface area contributed by atoms with Crippen LogP contribution < -0.4 is 87.2 Å². The second kappa shape index (κ2) is 45.7. The van der Waals surface area contributed by atoms with Gasteiger partial charge in [0.1, 0.15) is 78.3 Å². The molecule has 14 atom stereocenters. The molecule has 1 heterocycles. The summed E-state index contributed by atoms with van der Waals surface area (Å²) in [6, 6.07) is -11.0. The Labute approximate surface area is 593 Å². The van der Waals surface area contributed by atoms with Crippen LogP contribution >= 0.6 is 0 Å². The molecule has 12 amide bonds. The Morgan fingerprint density at radius 1 is 0.426 bits per heavy atom. The maximum atomic E-state index is 14.4. The Kier molecular flexibility index (Phi) is 40.3. The number of amides is 12. The maximum Gasteiger partial charge on any atom is 0.326 e. The molecule has 0 aromatic heterocycles. The van der Waals surface area contributed by atoms with Crippen molar-refractivity contribution in [1.82, 2.24) is 63.4 Å². The van der Waals surface area contributed by atoms with Crippen molar-refractivity contribution in [2.24, 2.45) is 52.3 Å². The predicted molar refractivity (Wildman–Crippen MR) is 377 cm³/mol. The van der Waals surface area contributed by atoms with Crippen LogP contribution in [0.25, 0.3) is 0 Å². The van der Waals surface area contributed by atoms with Crippen molar-refractivity contribution in [1.29, 1.82) is 0 Å². The van der Waals surface area contributed by atoms with Gasteiger partial charge in [0, 0.05) is 13.0 Å². The molecule has 0 spiro atoms. The lowest BCUT2D eigenvalue weighted by Gasteiger charge is -2.32. The third-order valence-corrected chi connectivity index (χ3v) is 17.4. The summed E-state index contributed by atoms with van der Waals surface area (Å²) < 4.78 is 0. The molecule has 24 N–H and O–H groups in total. The average Bonchev–Trinajstić information content (AvgIpc) is 1.77. The minimum atomic E-state index is -1.76. The van der Waals surface area contributed by atoms with Crippen LogP contribution in [0.2, 0.25) is 0 Å². The highest BCUT2D eigenvalue weighted by molar-refractivity contribution is 6.00. The first-order valence-electron chi connectivity index (χ1n) is 35.4. The first-order valence-corrected chi connectivity index (χ1v) is 35.4. The summed E-state index contributed by atoms with van der Waals surface area (Å²) in [4.78, 5) is 181. The monoisotopic (exact) mass is 1430 g/mol. The summed E-state index contributed by atoms with van der Waals surface area (Å²) >= 11 is 0. The third kappa shape index (κ3) is 30.6. The predicted octanol–water partition coefficient (Wildman–Crippen LogP) is -2.77.